The van der Waals surface area contributed by atoms with Crippen molar-refractivity contribution in [2.75, 3.05) is 13.6 Å². The molecule has 0 bridgehead atoms. The standard InChI is InChI=1S/C14H22N6O/c1-9(15-4)7-16-13(21)6-5-12-10(2)19-14-17-8-18-20(14)11(12)3/h8-9,15H,5-7H2,1-4H3,(H,16,21). The Morgan fingerprint density at radius 2 is 2.19 bits per heavy atom. The zero-order chi connectivity index (χ0) is 15.4. The SMILES string of the molecule is CNC(C)CNC(=O)CCc1c(C)nc2ncnn2c1C. The van der Waals surface area contributed by atoms with E-state index in [-0.39, 0.29) is 11.9 Å². The molecule has 0 spiro atoms. The summed E-state index contributed by atoms with van der Waals surface area (Å²) in [5, 5.41) is 10.2. The first-order valence-corrected chi connectivity index (χ1v) is 7.12. The number of fused-ring (bicyclic) bond motifs is 1. The van der Waals surface area contributed by atoms with E-state index >= 15 is 0 Å². The Balaban J connectivity index is 2.01. The quantitative estimate of drug-likeness (QED) is 0.804. The molecule has 2 rings (SSSR count). The van der Waals surface area contributed by atoms with Crippen LogP contribution in [0.5, 0.6) is 0 Å². The zero-order valence-corrected chi connectivity index (χ0v) is 13.0. The number of aryl methyl sites for hydroxylation is 2. The van der Waals surface area contributed by atoms with Crippen molar-refractivity contribution in [1.29, 1.82) is 0 Å². The number of hydrogen-bond donors (Lipinski definition) is 2. The summed E-state index contributed by atoms with van der Waals surface area (Å²) in [6, 6.07) is 0.269. The molecule has 1 atom stereocenters. The molecule has 7 nitrogen and oxygen atoms in total. The van der Waals surface area contributed by atoms with Crippen molar-refractivity contribution in [2.24, 2.45) is 0 Å². The average molecular weight is 290 g/mol. The molecule has 0 aliphatic carbocycles. The summed E-state index contributed by atoms with van der Waals surface area (Å²) in [6.45, 7) is 6.58. The van der Waals surface area contributed by atoms with E-state index in [0.29, 0.717) is 25.2 Å². The maximum absolute atomic E-state index is 11.9. The topological polar surface area (TPSA) is 84.2 Å². The molecule has 2 aromatic heterocycles. The van der Waals surface area contributed by atoms with Gasteiger partial charge >= 0.3 is 0 Å². The third-order valence-corrected chi connectivity index (χ3v) is 3.69. The highest BCUT2D eigenvalue weighted by Gasteiger charge is 2.12. The summed E-state index contributed by atoms with van der Waals surface area (Å²) >= 11 is 0. The van der Waals surface area contributed by atoms with Crippen molar-refractivity contribution in [1.82, 2.24) is 30.2 Å². The lowest BCUT2D eigenvalue weighted by Crippen LogP contribution is -2.37. The molecule has 2 N–H and O–H groups in total. The Labute approximate surface area is 124 Å². The zero-order valence-electron chi connectivity index (χ0n) is 13.0. The van der Waals surface area contributed by atoms with E-state index in [1.807, 2.05) is 27.8 Å². The van der Waals surface area contributed by atoms with Crippen molar-refractivity contribution in [3.63, 3.8) is 0 Å². The molecule has 114 valence electrons. The third kappa shape index (κ3) is 3.55. The number of carbonyl (C=O) groups is 1. The van der Waals surface area contributed by atoms with Crippen LogP contribution in [0.4, 0.5) is 0 Å². The highest BCUT2D eigenvalue weighted by Crippen LogP contribution is 2.14. The van der Waals surface area contributed by atoms with Gasteiger partial charge in [0.1, 0.15) is 6.33 Å². The Morgan fingerprint density at radius 1 is 1.43 bits per heavy atom. The van der Waals surface area contributed by atoms with Gasteiger partial charge in [-0.3, -0.25) is 4.79 Å². The van der Waals surface area contributed by atoms with Crippen LogP contribution < -0.4 is 10.6 Å². The molecule has 0 saturated heterocycles. The molecular weight excluding hydrogens is 268 g/mol. The molecule has 21 heavy (non-hydrogen) atoms. The van der Waals surface area contributed by atoms with Gasteiger partial charge in [-0.15, -0.1) is 0 Å². The van der Waals surface area contributed by atoms with E-state index in [4.69, 9.17) is 0 Å². The molecule has 0 fully saturated rings. The van der Waals surface area contributed by atoms with Crippen LogP contribution in [0.2, 0.25) is 0 Å². The van der Waals surface area contributed by atoms with E-state index < -0.39 is 0 Å². The molecule has 0 aliphatic rings. The van der Waals surface area contributed by atoms with E-state index in [1.165, 1.54) is 6.33 Å². The molecule has 0 aliphatic heterocycles. The minimum Gasteiger partial charge on any atom is -0.355 e. The third-order valence-electron chi connectivity index (χ3n) is 3.69. The molecule has 2 heterocycles. The maximum Gasteiger partial charge on any atom is 0.252 e. The second-order valence-electron chi connectivity index (χ2n) is 5.23. The molecule has 1 unspecified atom stereocenters. The Bertz CT molecular complexity index is 636. The Kier molecular flexibility index (Phi) is 4.85. The lowest BCUT2D eigenvalue weighted by Gasteiger charge is -2.13. The fraction of sp³-hybridized carbons (Fsp3) is 0.571. The number of nitrogens with zero attached hydrogens (tertiary/aromatic N) is 4. The number of nitrogens with one attached hydrogen (secondary N) is 2. The van der Waals surface area contributed by atoms with Crippen LogP contribution in [0.3, 0.4) is 0 Å². The van der Waals surface area contributed by atoms with Gasteiger partial charge in [-0.2, -0.15) is 10.1 Å². The monoisotopic (exact) mass is 290 g/mol. The predicted molar refractivity (Wildman–Crippen MR) is 80.1 cm³/mol. The van der Waals surface area contributed by atoms with Crippen molar-refractivity contribution in [2.45, 2.75) is 39.7 Å². The number of likely N-dealkylation sites (N-methyl/N-ethyl adjacent to an activating group) is 1. The van der Waals surface area contributed by atoms with Crippen LogP contribution in [0, 0.1) is 13.8 Å². The maximum atomic E-state index is 11.9. The number of rotatable bonds is 6. The summed E-state index contributed by atoms with van der Waals surface area (Å²) in [4.78, 5) is 20.4. The minimum absolute atomic E-state index is 0.0505. The van der Waals surface area contributed by atoms with E-state index in [9.17, 15) is 4.79 Å². The lowest BCUT2D eigenvalue weighted by molar-refractivity contribution is -0.121. The second kappa shape index (κ2) is 6.62. The van der Waals surface area contributed by atoms with Gasteiger partial charge in [0.2, 0.25) is 5.91 Å². The first-order chi connectivity index (χ1) is 10.0. The van der Waals surface area contributed by atoms with Crippen LogP contribution in [0.1, 0.15) is 30.3 Å². The van der Waals surface area contributed by atoms with Gasteiger partial charge in [0, 0.05) is 30.4 Å². The van der Waals surface area contributed by atoms with Crippen molar-refractivity contribution in [3.8, 4) is 0 Å². The van der Waals surface area contributed by atoms with E-state index in [2.05, 4.69) is 25.7 Å². The Hall–Kier alpha value is -2.02. The average Bonchev–Trinajstić information content (AvgIpc) is 2.92. The molecule has 0 saturated carbocycles. The molecule has 0 radical (unpaired) electrons. The summed E-state index contributed by atoms with van der Waals surface area (Å²) in [6.07, 6.45) is 2.59. The van der Waals surface area contributed by atoms with Crippen molar-refractivity contribution >= 4 is 11.7 Å². The summed E-state index contributed by atoms with van der Waals surface area (Å²) in [7, 11) is 1.88. The number of aromatic nitrogens is 4. The first kappa shape index (κ1) is 15.4. The predicted octanol–water partition coefficient (Wildman–Crippen LogP) is 0.398. The molecular formula is C14H22N6O. The lowest BCUT2D eigenvalue weighted by atomic mass is 10.1. The van der Waals surface area contributed by atoms with Crippen molar-refractivity contribution < 1.29 is 4.79 Å². The first-order valence-electron chi connectivity index (χ1n) is 7.12. The highest BCUT2D eigenvalue weighted by atomic mass is 16.1. The summed E-state index contributed by atoms with van der Waals surface area (Å²) < 4.78 is 1.71. The van der Waals surface area contributed by atoms with Crippen LogP contribution in [-0.2, 0) is 11.2 Å². The normalized spacial score (nSPS) is 12.6. The van der Waals surface area contributed by atoms with Gasteiger partial charge < -0.3 is 10.6 Å². The van der Waals surface area contributed by atoms with Gasteiger partial charge in [-0.1, -0.05) is 0 Å². The van der Waals surface area contributed by atoms with Crippen LogP contribution in [0.15, 0.2) is 6.33 Å². The smallest absolute Gasteiger partial charge is 0.252 e. The molecule has 7 heteroatoms. The van der Waals surface area contributed by atoms with Gasteiger partial charge in [0.15, 0.2) is 0 Å². The number of hydrogen-bond acceptors (Lipinski definition) is 5. The minimum atomic E-state index is 0.0505. The molecule has 2 aromatic rings. The summed E-state index contributed by atoms with van der Waals surface area (Å²) in [5.74, 6) is 0.649. The van der Waals surface area contributed by atoms with E-state index in [1.54, 1.807) is 4.52 Å². The summed E-state index contributed by atoms with van der Waals surface area (Å²) in [5.41, 5.74) is 2.96. The number of carbonyl (C=O) groups excluding carboxylic acids is 1. The number of amides is 1. The van der Waals surface area contributed by atoms with E-state index in [0.717, 1.165) is 17.0 Å². The van der Waals surface area contributed by atoms with Crippen LogP contribution >= 0.6 is 0 Å². The highest BCUT2D eigenvalue weighted by molar-refractivity contribution is 5.76. The molecule has 1 amide bonds. The van der Waals surface area contributed by atoms with Gasteiger partial charge in [-0.05, 0) is 39.8 Å². The fourth-order valence-corrected chi connectivity index (χ4v) is 2.21. The molecule has 0 aromatic carbocycles. The van der Waals surface area contributed by atoms with Gasteiger partial charge in [0.05, 0.1) is 0 Å². The van der Waals surface area contributed by atoms with Gasteiger partial charge in [-0.25, -0.2) is 9.50 Å². The Morgan fingerprint density at radius 3 is 2.90 bits per heavy atom. The van der Waals surface area contributed by atoms with Gasteiger partial charge in [0.25, 0.3) is 5.78 Å². The fourth-order valence-electron chi connectivity index (χ4n) is 2.21. The van der Waals surface area contributed by atoms with Crippen LogP contribution in [-0.4, -0.2) is 45.1 Å². The van der Waals surface area contributed by atoms with Crippen LogP contribution in [0.25, 0.3) is 5.78 Å². The van der Waals surface area contributed by atoms with Crippen molar-refractivity contribution in [3.05, 3.63) is 23.3 Å². The largest absolute Gasteiger partial charge is 0.355 e. The second-order valence-corrected chi connectivity index (χ2v) is 5.23.